The number of nitrogens with one attached hydrogen (secondary N) is 4. The van der Waals surface area contributed by atoms with Crippen molar-refractivity contribution in [1.82, 2.24) is 20.9 Å². The van der Waals surface area contributed by atoms with E-state index in [9.17, 15) is 24.1 Å². The van der Waals surface area contributed by atoms with Gasteiger partial charge >= 0.3 is 13.6 Å². The lowest BCUT2D eigenvalue weighted by molar-refractivity contribution is -0.141. The Bertz CT molecular complexity index is 1130. The summed E-state index contributed by atoms with van der Waals surface area (Å²) in [7, 11) is -3.54. The lowest BCUT2D eigenvalue weighted by Gasteiger charge is -2.30. The first-order valence-corrected chi connectivity index (χ1v) is 14.6. The average molecular weight is 553 g/mol. The molecule has 0 aliphatic heterocycles. The van der Waals surface area contributed by atoms with Crippen LogP contribution >= 0.6 is 7.60 Å². The molecule has 4 atom stereocenters. The van der Waals surface area contributed by atoms with Crippen molar-refractivity contribution in [2.75, 3.05) is 13.2 Å². The minimum absolute atomic E-state index is 0.0944. The molecule has 11 nitrogen and oxygen atoms in total. The van der Waals surface area contributed by atoms with E-state index >= 15 is 0 Å². The van der Waals surface area contributed by atoms with Crippen LogP contribution in [0.3, 0.4) is 0 Å². The zero-order valence-corrected chi connectivity index (χ0v) is 23.8. The molecule has 38 heavy (non-hydrogen) atoms. The van der Waals surface area contributed by atoms with E-state index in [0.717, 1.165) is 16.5 Å². The molecular formula is C26H41N4O7P. The number of benzene rings is 1. The maximum absolute atomic E-state index is 13.5. The fraction of sp³-hybridized carbons (Fsp3) is 0.577. The number of aromatic amines is 1. The molecule has 2 rings (SSSR count). The molecule has 0 aliphatic rings. The normalized spacial score (nSPS) is 15.1. The van der Waals surface area contributed by atoms with Crippen molar-refractivity contribution in [2.45, 2.75) is 78.3 Å². The fourth-order valence-electron chi connectivity index (χ4n) is 4.10. The van der Waals surface area contributed by atoms with Crippen molar-refractivity contribution in [1.29, 1.82) is 0 Å². The number of hydrogen-bond donors (Lipinski definition) is 5. The lowest BCUT2D eigenvalue weighted by Crippen LogP contribution is -2.56. The maximum atomic E-state index is 13.5. The van der Waals surface area contributed by atoms with Gasteiger partial charge in [-0.2, -0.15) is 0 Å². The molecule has 0 saturated heterocycles. The number of para-hydroxylation sites is 1. The molecule has 0 bridgehead atoms. The number of carboxylic acid groups (broad SMARTS) is 1. The molecule has 0 aliphatic carbocycles. The number of aliphatic carboxylic acids is 1. The van der Waals surface area contributed by atoms with E-state index in [1.165, 1.54) is 6.92 Å². The molecule has 1 aromatic carbocycles. The minimum atomic E-state index is -3.54. The van der Waals surface area contributed by atoms with Gasteiger partial charge in [0, 0.05) is 23.5 Å². The molecule has 1 heterocycles. The van der Waals surface area contributed by atoms with Crippen LogP contribution in [0.1, 0.15) is 53.5 Å². The average Bonchev–Trinajstić information content (AvgIpc) is 3.25. The van der Waals surface area contributed by atoms with Gasteiger partial charge in [0.05, 0.1) is 19.3 Å². The Hall–Kier alpha value is -2.72. The van der Waals surface area contributed by atoms with Gasteiger partial charge in [-0.1, -0.05) is 32.0 Å². The number of fused-ring (bicyclic) bond motifs is 1. The highest BCUT2D eigenvalue weighted by atomic mass is 31.2. The van der Waals surface area contributed by atoms with Crippen LogP contribution in [0.2, 0.25) is 0 Å². The topological polar surface area (TPSA) is 159 Å². The molecular weight excluding hydrogens is 511 g/mol. The fourth-order valence-corrected chi connectivity index (χ4v) is 5.71. The van der Waals surface area contributed by atoms with Crippen molar-refractivity contribution < 1.29 is 33.1 Å². The predicted octanol–water partition coefficient (Wildman–Crippen LogP) is 3.40. The summed E-state index contributed by atoms with van der Waals surface area (Å²) in [6, 6.07) is 4.56. The van der Waals surface area contributed by atoms with E-state index in [4.69, 9.17) is 9.05 Å². The lowest BCUT2D eigenvalue weighted by atomic mass is 10.0. The van der Waals surface area contributed by atoms with Crippen LogP contribution in [-0.4, -0.2) is 65.0 Å². The number of carbonyl (C=O) groups is 3. The predicted molar refractivity (Wildman–Crippen MR) is 146 cm³/mol. The third-order valence-electron chi connectivity index (χ3n) is 6.02. The summed E-state index contributed by atoms with van der Waals surface area (Å²) in [6.45, 7) is 10.7. The Morgan fingerprint density at radius 2 is 1.58 bits per heavy atom. The highest BCUT2D eigenvalue weighted by Gasteiger charge is 2.36. The van der Waals surface area contributed by atoms with Crippen LogP contribution in [0, 0.1) is 5.92 Å². The summed E-state index contributed by atoms with van der Waals surface area (Å²) in [5.74, 6) is -2.98. The van der Waals surface area contributed by atoms with E-state index in [0.29, 0.717) is 6.42 Å². The minimum Gasteiger partial charge on any atom is -0.480 e. The van der Waals surface area contributed by atoms with Gasteiger partial charge in [-0.15, -0.1) is 0 Å². The van der Waals surface area contributed by atoms with Gasteiger partial charge in [-0.05, 0) is 51.7 Å². The molecule has 12 heteroatoms. The van der Waals surface area contributed by atoms with E-state index in [1.807, 2.05) is 38.1 Å². The van der Waals surface area contributed by atoms with Crippen LogP contribution < -0.4 is 16.0 Å². The van der Waals surface area contributed by atoms with E-state index in [2.05, 4.69) is 20.9 Å². The Kier molecular flexibility index (Phi) is 12.0. The zero-order valence-electron chi connectivity index (χ0n) is 22.9. The van der Waals surface area contributed by atoms with Gasteiger partial charge in [0.15, 0.2) is 0 Å². The quantitative estimate of drug-likeness (QED) is 0.198. The Balaban J connectivity index is 2.32. The summed E-state index contributed by atoms with van der Waals surface area (Å²) >= 11 is 0. The molecule has 212 valence electrons. The summed E-state index contributed by atoms with van der Waals surface area (Å²) in [6.07, 6.45) is 2.29. The smallest absolute Gasteiger partial charge is 0.347 e. The second-order valence-electron chi connectivity index (χ2n) is 9.59. The molecule has 2 aromatic rings. The number of rotatable bonds is 16. The molecule has 0 spiro atoms. The highest BCUT2D eigenvalue weighted by Crippen LogP contribution is 2.51. The molecule has 0 radical (unpaired) electrons. The standard InChI is InChI=1S/C26H41N4O7P/c1-7-36-38(35,37-8-2)18(6)29-22(13-16(3)4)25(32)30-23(24(31)28-17(5)26(33)34)14-19-15-27-21-12-10-9-11-20(19)21/h9-12,15-18,22-23,27,29H,7-8,13-14H2,1-6H3,(H,28,31)(H,30,32)(H,33,34)/t17-,18-,22-,23?/m0/s1. The summed E-state index contributed by atoms with van der Waals surface area (Å²) in [5.41, 5.74) is 1.67. The molecule has 0 saturated carbocycles. The number of hydrogen-bond acceptors (Lipinski definition) is 7. The number of H-pyrrole nitrogens is 1. The summed E-state index contributed by atoms with van der Waals surface area (Å²) < 4.78 is 24.1. The molecule has 1 aromatic heterocycles. The first kappa shape index (κ1) is 31.5. The van der Waals surface area contributed by atoms with Gasteiger partial charge in [0.1, 0.15) is 17.9 Å². The Morgan fingerprint density at radius 3 is 2.16 bits per heavy atom. The second-order valence-corrected chi connectivity index (χ2v) is 12.0. The first-order valence-electron chi connectivity index (χ1n) is 12.9. The van der Waals surface area contributed by atoms with Crippen LogP contribution in [0.4, 0.5) is 0 Å². The summed E-state index contributed by atoms with van der Waals surface area (Å²) in [5, 5.41) is 18.5. The Labute approximate surface area is 224 Å². The number of carboxylic acids is 1. The van der Waals surface area contributed by atoms with Crippen molar-refractivity contribution in [3.05, 3.63) is 36.0 Å². The van der Waals surface area contributed by atoms with Crippen LogP contribution in [0.15, 0.2) is 30.5 Å². The van der Waals surface area contributed by atoms with Gasteiger partial charge in [-0.25, -0.2) is 0 Å². The van der Waals surface area contributed by atoms with Gasteiger partial charge in [0.2, 0.25) is 11.8 Å². The zero-order chi connectivity index (χ0) is 28.5. The van der Waals surface area contributed by atoms with Crippen molar-refractivity contribution in [3.63, 3.8) is 0 Å². The van der Waals surface area contributed by atoms with E-state index in [1.54, 1.807) is 27.0 Å². The molecule has 5 N–H and O–H groups in total. The van der Waals surface area contributed by atoms with Crippen molar-refractivity contribution in [2.24, 2.45) is 5.92 Å². The summed E-state index contributed by atoms with van der Waals surface area (Å²) in [4.78, 5) is 41.2. The number of amides is 2. The number of aromatic nitrogens is 1. The van der Waals surface area contributed by atoms with Crippen LogP contribution in [0.5, 0.6) is 0 Å². The molecule has 1 unspecified atom stereocenters. The van der Waals surface area contributed by atoms with Gasteiger partial charge < -0.3 is 29.8 Å². The first-order chi connectivity index (χ1) is 17.9. The van der Waals surface area contributed by atoms with Crippen molar-refractivity contribution >= 4 is 36.3 Å². The third-order valence-corrected chi connectivity index (χ3v) is 8.35. The third kappa shape index (κ3) is 8.66. The largest absolute Gasteiger partial charge is 0.480 e. The second kappa shape index (κ2) is 14.4. The highest BCUT2D eigenvalue weighted by molar-refractivity contribution is 7.54. The van der Waals surface area contributed by atoms with Crippen molar-refractivity contribution in [3.8, 4) is 0 Å². The Morgan fingerprint density at radius 1 is 0.974 bits per heavy atom. The maximum Gasteiger partial charge on any atom is 0.347 e. The number of carbonyl (C=O) groups excluding carboxylic acids is 2. The van der Waals surface area contributed by atoms with Gasteiger partial charge in [-0.3, -0.25) is 24.3 Å². The molecule has 2 amide bonds. The SMILES string of the molecule is CCOP(=O)(OCC)[C@@H](C)N[C@@H](CC(C)C)C(=O)NC(Cc1c[nH]c2ccccc12)C(=O)N[C@@H](C)C(=O)O. The van der Waals surface area contributed by atoms with Crippen LogP contribution in [0.25, 0.3) is 10.9 Å². The van der Waals surface area contributed by atoms with E-state index < -0.39 is 49.3 Å². The van der Waals surface area contributed by atoms with Gasteiger partial charge in [0.25, 0.3) is 0 Å². The molecule has 0 fully saturated rings. The monoisotopic (exact) mass is 552 g/mol. The van der Waals surface area contributed by atoms with E-state index in [-0.39, 0.29) is 25.6 Å². The van der Waals surface area contributed by atoms with Crippen LogP contribution in [-0.2, 0) is 34.4 Å².